The molecule has 0 unspecified atom stereocenters. The van der Waals surface area contributed by atoms with Crippen molar-refractivity contribution in [1.82, 2.24) is 15.3 Å². The second-order valence-electron chi connectivity index (χ2n) is 7.78. The number of nitrogens with one attached hydrogen (secondary N) is 2. The van der Waals surface area contributed by atoms with E-state index in [0.29, 0.717) is 28.3 Å². The molecule has 10 heteroatoms. The number of halogens is 1. The van der Waals surface area contributed by atoms with E-state index in [4.69, 9.17) is 0 Å². The van der Waals surface area contributed by atoms with Crippen LogP contribution in [-0.4, -0.2) is 51.1 Å². The van der Waals surface area contributed by atoms with E-state index in [9.17, 15) is 12.8 Å². The summed E-state index contributed by atoms with van der Waals surface area (Å²) in [7, 11) is -3.83. The van der Waals surface area contributed by atoms with Crippen molar-refractivity contribution in [2.75, 3.05) is 47.2 Å². The molecule has 0 spiro atoms. The van der Waals surface area contributed by atoms with Gasteiger partial charge in [-0.3, -0.25) is 4.31 Å². The van der Waals surface area contributed by atoms with Crippen molar-refractivity contribution in [3.63, 3.8) is 0 Å². The number of benzene rings is 2. The maximum absolute atomic E-state index is 14.8. The zero-order valence-corrected chi connectivity index (χ0v) is 18.6. The first-order chi connectivity index (χ1) is 16.0. The van der Waals surface area contributed by atoms with E-state index in [-0.39, 0.29) is 23.2 Å². The molecule has 8 nitrogen and oxygen atoms in total. The fourth-order valence-corrected chi connectivity index (χ4v) is 5.69. The van der Waals surface area contributed by atoms with Crippen LogP contribution in [0.4, 0.5) is 27.4 Å². The third kappa shape index (κ3) is 3.81. The molecule has 0 bridgehead atoms. The first kappa shape index (κ1) is 21.4. The molecule has 1 fully saturated rings. The van der Waals surface area contributed by atoms with E-state index in [0.717, 1.165) is 26.2 Å². The molecule has 2 aromatic carbocycles. The zero-order chi connectivity index (χ0) is 23.0. The molecule has 0 atom stereocenters. The summed E-state index contributed by atoms with van der Waals surface area (Å²) in [5, 5.41) is 6.25. The first-order valence-electron chi connectivity index (χ1n) is 10.6. The van der Waals surface area contributed by atoms with E-state index in [1.807, 2.05) is 17.0 Å². The van der Waals surface area contributed by atoms with Gasteiger partial charge in [0, 0.05) is 37.4 Å². The largest absolute Gasteiger partial charge is 0.367 e. The number of sulfonamides is 1. The highest BCUT2D eigenvalue weighted by Crippen LogP contribution is 2.42. The molecule has 0 radical (unpaired) electrons. The molecule has 170 valence electrons. The highest BCUT2D eigenvalue weighted by molar-refractivity contribution is 7.93. The second-order valence-corrected chi connectivity index (χ2v) is 9.61. The number of rotatable bonds is 5. The molecule has 3 aromatic rings. The van der Waals surface area contributed by atoms with E-state index in [1.54, 1.807) is 24.3 Å². The Morgan fingerprint density at radius 3 is 2.70 bits per heavy atom. The molecule has 33 heavy (non-hydrogen) atoms. The number of para-hydroxylation sites is 1. The molecule has 5 rings (SSSR count). The topological polar surface area (TPSA) is 90.5 Å². The van der Waals surface area contributed by atoms with Crippen LogP contribution in [0, 0.1) is 5.82 Å². The highest BCUT2D eigenvalue weighted by Gasteiger charge is 2.35. The predicted octanol–water partition coefficient (Wildman–Crippen LogP) is 3.13. The summed E-state index contributed by atoms with van der Waals surface area (Å²) >= 11 is 0. The third-order valence-corrected chi connectivity index (χ3v) is 7.49. The van der Waals surface area contributed by atoms with Crippen LogP contribution in [0.1, 0.15) is 0 Å². The van der Waals surface area contributed by atoms with Crippen LogP contribution < -0.4 is 19.8 Å². The number of nitrogens with zero attached hydrogens (tertiary/aromatic N) is 4. The second kappa shape index (κ2) is 8.45. The maximum atomic E-state index is 14.8. The van der Waals surface area contributed by atoms with Crippen LogP contribution in [0.25, 0.3) is 11.3 Å². The molecule has 2 aliphatic rings. The van der Waals surface area contributed by atoms with Crippen molar-refractivity contribution in [2.24, 2.45) is 0 Å². The van der Waals surface area contributed by atoms with Crippen LogP contribution in [0.15, 0.2) is 66.2 Å². The summed E-state index contributed by atoms with van der Waals surface area (Å²) < 4.78 is 42.4. The molecule has 1 saturated heterocycles. The Hall–Kier alpha value is -3.50. The van der Waals surface area contributed by atoms with Gasteiger partial charge in [-0.05, 0) is 24.3 Å². The van der Waals surface area contributed by atoms with E-state index < -0.39 is 10.0 Å². The van der Waals surface area contributed by atoms with Gasteiger partial charge in [-0.1, -0.05) is 24.3 Å². The van der Waals surface area contributed by atoms with Crippen LogP contribution in [-0.2, 0) is 10.0 Å². The Morgan fingerprint density at radius 2 is 1.94 bits per heavy atom. The Kier molecular flexibility index (Phi) is 5.47. The van der Waals surface area contributed by atoms with E-state index in [2.05, 4.69) is 27.2 Å². The lowest BCUT2D eigenvalue weighted by Crippen LogP contribution is -2.43. The van der Waals surface area contributed by atoms with E-state index >= 15 is 0 Å². The zero-order valence-electron chi connectivity index (χ0n) is 17.8. The first-order valence-corrected chi connectivity index (χ1v) is 12.1. The number of aromatic nitrogens is 2. The number of hydrogen-bond acceptors (Lipinski definition) is 7. The quantitative estimate of drug-likeness (QED) is 0.559. The minimum Gasteiger partial charge on any atom is -0.367 e. The summed E-state index contributed by atoms with van der Waals surface area (Å²) in [5.41, 5.74) is 2.54. The Morgan fingerprint density at radius 1 is 1.15 bits per heavy atom. The number of hydrogen-bond donors (Lipinski definition) is 2. The van der Waals surface area contributed by atoms with Gasteiger partial charge < -0.3 is 15.5 Å². The summed E-state index contributed by atoms with van der Waals surface area (Å²) in [4.78, 5) is 10.7. The van der Waals surface area contributed by atoms with Crippen molar-refractivity contribution in [3.05, 3.63) is 67.1 Å². The number of anilines is 4. The predicted molar refractivity (Wildman–Crippen MR) is 127 cm³/mol. The van der Waals surface area contributed by atoms with Gasteiger partial charge in [0.05, 0.1) is 29.8 Å². The monoisotopic (exact) mass is 466 g/mol. The van der Waals surface area contributed by atoms with Crippen molar-refractivity contribution >= 4 is 33.0 Å². The molecule has 0 amide bonds. The molecule has 2 aliphatic heterocycles. The number of fused-ring (bicyclic) bond motifs is 3. The minimum absolute atomic E-state index is 0.0221. The van der Waals surface area contributed by atoms with Crippen LogP contribution in [0.5, 0.6) is 0 Å². The van der Waals surface area contributed by atoms with Gasteiger partial charge in [0.2, 0.25) is 5.95 Å². The van der Waals surface area contributed by atoms with Gasteiger partial charge in [0.25, 0.3) is 10.0 Å². The van der Waals surface area contributed by atoms with Crippen molar-refractivity contribution in [2.45, 2.75) is 4.90 Å². The Labute approximate surface area is 191 Å². The average Bonchev–Trinajstić information content (AvgIpc) is 2.82. The van der Waals surface area contributed by atoms with Crippen LogP contribution >= 0.6 is 0 Å². The Bertz CT molecular complexity index is 1320. The fourth-order valence-electron chi connectivity index (χ4n) is 4.14. The highest BCUT2D eigenvalue weighted by atomic mass is 32.2. The molecule has 0 aliphatic carbocycles. The fraction of sp³-hybridized carbons (Fsp3) is 0.217. The SMILES string of the molecule is C=CCN1c2ccccc2-c2nc(Nc3ccc(N4CCNCC4)c(F)c3)ncc2S1(=O)=O. The van der Waals surface area contributed by atoms with Crippen LogP contribution in [0.3, 0.4) is 0 Å². The molecular weight excluding hydrogens is 443 g/mol. The average molecular weight is 467 g/mol. The van der Waals surface area contributed by atoms with Gasteiger partial charge >= 0.3 is 0 Å². The molecular formula is C23H23FN6O2S. The third-order valence-electron chi connectivity index (χ3n) is 5.71. The molecule has 1 aromatic heterocycles. The van der Waals surface area contributed by atoms with Gasteiger partial charge in [-0.2, -0.15) is 0 Å². The lowest BCUT2D eigenvalue weighted by atomic mass is 10.1. The number of piperazine rings is 1. The van der Waals surface area contributed by atoms with Crippen molar-refractivity contribution in [1.29, 1.82) is 0 Å². The normalized spacial score (nSPS) is 16.6. The van der Waals surface area contributed by atoms with Gasteiger partial charge in [-0.15, -0.1) is 6.58 Å². The van der Waals surface area contributed by atoms with Gasteiger partial charge in [-0.25, -0.2) is 22.8 Å². The lowest BCUT2D eigenvalue weighted by Gasteiger charge is -2.30. The molecule has 0 saturated carbocycles. The maximum Gasteiger partial charge on any atom is 0.268 e. The summed E-state index contributed by atoms with van der Waals surface area (Å²) in [6, 6.07) is 12.0. The van der Waals surface area contributed by atoms with Gasteiger partial charge in [0.1, 0.15) is 10.7 Å². The molecule has 2 N–H and O–H groups in total. The summed E-state index contributed by atoms with van der Waals surface area (Å²) in [5.74, 6) is -0.155. The van der Waals surface area contributed by atoms with Crippen LogP contribution in [0.2, 0.25) is 0 Å². The van der Waals surface area contributed by atoms with Crippen molar-refractivity contribution in [3.8, 4) is 11.3 Å². The van der Waals surface area contributed by atoms with Gasteiger partial charge in [0.15, 0.2) is 0 Å². The summed E-state index contributed by atoms with van der Waals surface area (Å²) in [6.07, 6.45) is 2.83. The standard InChI is InChI=1S/C23H23FN6O2S/c1-2-11-30-19-6-4-3-5-17(19)22-21(33(30,31)32)15-26-23(28-22)27-16-7-8-20(18(24)14-16)29-12-9-25-10-13-29/h2-8,14-15,25H,1,9-13H2,(H,26,27,28). The van der Waals surface area contributed by atoms with Crippen molar-refractivity contribution < 1.29 is 12.8 Å². The lowest BCUT2D eigenvalue weighted by molar-refractivity contribution is 0.566. The van der Waals surface area contributed by atoms with E-state index in [1.165, 1.54) is 22.6 Å². The molecule has 3 heterocycles. The summed E-state index contributed by atoms with van der Waals surface area (Å²) in [6.45, 7) is 6.93. The minimum atomic E-state index is -3.83. The Balaban J connectivity index is 1.48. The smallest absolute Gasteiger partial charge is 0.268 e.